The van der Waals surface area contributed by atoms with Gasteiger partial charge < -0.3 is 14.6 Å². The van der Waals surface area contributed by atoms with Crippen molar-refractivity contribution in [2.24, 2.45) is 0 Å². The lowest BCUT2D eigenvalue weighted by molar-refractivity contribution is 0.0698. The first-order valence-electron chi connectivity index (χ1n) is 4.84. The van der Waals surface area contributed by atoms with Crippen LogP contribution in [-0.2, 0) is 0 Å². The minimum atomic E-state index is -1.03. The molecule has 1 heterocycles. The van der Waals surface area contributed by atoms with Crippen molar-refractivity contribution >= 4 is 27.5 Å². The van der Waals surface area contributed by atoms with Gasteiger partial charge in [-0.2, -0.15) is 0 Å². The monoisotopic (exact) mass is 253 g/mol. The van der Waals surface area contributed by atoms with Crippen LogP contribution in [0, 0.1) is 6.92 Å². The molecule has 0 bridgehead atoms. The molecule has 2 aromatic rings. The van der Waals surface area contributed by atoms with E-state index < -0.39 is 5.97 Å². The maximum Gasteiger partial charge on any atom is 0.338 e. The van der Waals surface area contributed by atoms with E-state index in [0.717, 1.165) is 5.01 Å². The molecule has 1 aromatic heterocycles. The molecule has 0 spiro atoms. The summed E-state index contributed by atoms with van der Waals surface area (Å²) in [7, 11) is 3.00. The standard InChI is InChI=1S/C11H11NO4S/c1-5-12-8-6(11(13)14)4-7(15-2)9(16-3)10(8)17-5/h4H,1-3H3,(H,13,14). The molecule has 90 valence electrons. The Labute approximate surface area is 102 Å². The molecule has 0 aliphatic carbocycles. The molecule has 6 heteroatoms. The summed E-state index contributed by atoms with van der Waals surface area (Å²) in [4.78, 5) is 15.4. The predicted octanol–water partition coefficient (Wildman–Crippen LogP) is 2.32. The van der Waals surface area contributed by atoms with Gasteiger partial charge in [0.25, 0.3) is 0 Å². The number of benzene rings is 1. The number of thiazole rings is 1. The molecule has 0 saturated heterocycles. The van der Waals surface area contributed by atoms with E-state index in [9.17, 15) is 4.79 Å². The molecule has 17 heavy (non-hydrogen) atoms. The summed E-state index contributed by atoms with van der Waals surface area (Å²) in [6.45, 7) is 1.82. The number of hydrogen-bond donors (Lipinski definition) is 1. The second-order valence-corrected chi connectivity index (χ2v) is 4.58. The Bertz CT molecular complexity index is 591. The van der Waals surface area contributed by atoms with Crippen LogP contribution in [0.15, 0.2) is 6.07 Å². The summed E-state index contributed by atoms with van der Waals surface area (Å²) in [5.41, 5.74) is 0.569. The minimum absolute atomic E-state index is 0.127. The molecule has 0 saturated carbocycles. The van der Waals surface area contributed by atoms with Crippen molar-refractivity contribution in [2.75, 3.05) is 14.2 Å². The molecule has 0 radical (unpaired) electrons. The van der Waals surface area contributed by atoms with Crippen LogP contribution in [0.2, 0.25) is 0 Å². The number of nitrogens with zero attached hydrogens (tertiary/aromatic N) is 1. The number of aromatic nitrogens is 1. The van der Waals surface area contributed by atoms with E-state index in [-0.39, 0.29) is 5.56 Å². The van der Waals surface area contributed by atoms with Crippen LogP contribution in [0.4, 0.5) is 0 Å². The van der Waals surface area contributed by atoms with Crippen molar-refractivity contribution in [2.45, 2.75) is 6.92 Å². The quantitative estimate of drug-likeness (QED) is 0.909. The van der Waals surface area contributed by atoms with E-state index in [1.165, 1.54) is 31.6 Å². The lowest BCUT2D eigenvalue weighted by atomic mass is 10.1. The second-order valence-electron chi connectivity index (χ2n) is 3.38. The molecule has 0 aliphatic heterocycles. The van der Waals surface area contributed by atoms with Gasteiger partial charge in [0, 0.05) is 6.07 Å². The Hall–Kier alpha value is -1.82. The Morgan fingerprint density at radius 1 is 1.41 bits per heavy atom. The van der Waals surface area contributed by atoms with Gasteiger partial charge in [-0.1, -0.05) is 0 Å². The third kappa shape index (κ3) is 1.80. The number of carbonyl (C=O) groups is 1. The lowest BCUT2D eigenvalue weighted by Gasteiger charge is -2.09. The number of carboxylic acids is 1. The second kappa shape index (κ2) is 4.21. The van der Waals surface area contributed by atoms with Gasteiger partial charge in [0.15, 0.2) is 11.5 Å². The largest absolute Gasteiger partial charge is 0.493 e. The highest BCUT2D eigenvalue weighted by Crippen LogP contribution is 2.40. The third-order valence-corrected chi connectivity index (χ3v) is 3.32. The van der Waals surface area contributed by atoms with Crippen LogP contribution in [0.5, 0.6) is 11.5 Å². The fourth-order valence-electron chi connectivity index (χ4n) is 1.65. The summed E-state index contributed by atoms with van der Waals surface area (Å²) in [5, 5.41) is 9.93. The van der Waals surface area contributed by atoms with Crippen LogP contribution in [0.25, 0.3) is 10.2 Å². The zero-order chi connectivity index (χ0) is 12.6. The third-order valence-electron chi connectivity index (χ3n) is 2.35. The van der Waals surface area contributed by atoms with Gasteiger partial charge in [-0.05, 0) is 6.92 Å². The molecular formula is C11H11NO4S. The molecule has 0 unspecified atom stereocenters. The molecule has 0 atom stereocenters. The smallest absolute Gasteiger partial charge is 0.338 e. The van der Waals surface area contributed by atoms with Gasteiger partial charge in [-0.3, -0.25) is 0 Å². The van der Waals surface area contributed by atoms with Gasteiger partial charge in [0.2, 0.25) is 0 Å². The zero-order valence-electron chi connectivity index (χ0n) is 9.60. The van der Waals surface area contributed by atoms with Crippen molar-refractivity contribution in [3.05, 3.63) is 16.6 Å². The molecule has 0 amide bonds. The van der Waals surface area contributed by atoms with E-state index >= 15 is 0 Å². The maximum atomic E-state index is 11.2. The SMILES string of the molecule is COc1cc(C(=O)O)c2nc(C)sc2c1OC. The van der Waals surface area contributed by atoms with E-state index in [0.29, 0.717) is 21.7 Å². The number of rotatable bonds is 3. The zero-order valence-corrected chi connectivity index (χ0v) is 10.4. The molecule has 0 aliphatic rings. The average Bonchev–Trinajstić information content (AvgIpc) is 2.67. The number of methoxy groups -OCH3 is 2. The number of hydrogen-bond acceptors (Lipinski definition) is 5. The van der Waals surface area contributed by atoms with Crippen molar-refractivity contribution < 1.29 is 19.4 Å². The summed E-state index contributed by atoms with van der Waals surface area (Å²) >= 11 is 1.38. The van der Waals surface area contributed by atoms with Gasteiger partial charge in [0.05, 0.1) is 24.8 Å². The molecule has 1 aromatic carbocycles. The predicted molar refractivity (Wildman–Crippen MR) is 64.4 cm³/mol. The highest BCUT2D eigenvalue weighted by atomic mass is 32.1. The van der Waals surface area contributed by atoms with Gasteiger partial charge in [-0.15, -0.1) is 11.3 Å². The summed E-state index contributed by atoms with van der Waals surface area (Å²) in [6, 6.07) is 1.43. The molecule has 1 N–H and O–H groups in total. The first kappa shape index (κ1) is 11.7. The Morgan fingerprint density at radius 3 is 2.65 bits per heavy atom. The van der Waals surface area contributed by atoms with Crippen LogP contribution in [-0.4, -0.2) is 30.3 Å². The van der Waals surface area contributed by atoms with E-state index in [1.54, 1.807) is 0 Å². The fraction of sp³-hybridized carbons (Fsp3) is 0.273. The van der Waals surface area contributed by atoms with Gasteiger partial charge in [-0.25, -0.2) is 9.78 Å². The number of fused-ring (bicyclic) bond motifs is 1. The van der Waals surface area contributed by atoms with E-state index in [2.05, 4.69) is 4.98 Å². The fourth-order valence-corrected chi connectivity index (χ4v) is 2.61. The van der Waals surface area contributed by atoms with Gasteiger partial charge in [0.1, 0.15) is 10.2 Å². The number of aromatic carboxylic acids is 1. The van der Waals surface area contributed by atoms with Gasteiger partial charge >= 0.3 is 5.97 Å². The van der Waals surface area contributed by atoms with Crippen molar-refractivity contribution in [1.82, 2.24) is 4.98 Å². The molecule has 5 nitrogen and oxygen atoms in total. The molecule has 2 rings (SSSR count). The van der Waals surface area contributed by atoms with Crippen LogP contribution in [0.1, 0.15) is 15.4 Å². The highest BCUT2D eigenvalue weighted by molar-refractivity contribution is 7.19. The maximum absolute atomic E-state index is 11.2. The summed E-state index contributed by atoms with van der Waals surface area (Å²) < 4.78 is 11.1. The summed E-state index contributed by atoms with van der Waals surface area (Å²) in [6.07, 6.45) is 0. The van der Waals surface area contributed by atoms with Crippen LogP contribution >= 0.6 is 11.3 Å². The Balaban J connectivity index is 2.88. The molecule has 0 fully saturated rings. The lowest BCUT2D eigenvalue weighted by Crippen LogP contribution is -2.00. The van der Waals surface area contributed by atoms with Crippen molar-refractivity contribution in [1.29, 1.82) is 0 Å². The molecular weight excluding hydrogens is 242 g/mol. The van der Waals surface area contributed by atoms with Crippen LogP contribution in [0.3, 0.4) is 0 Å². The Morgan fingerprint density at radius 2 is 2.12 bits per heavy atom. The van der Waals surface area contributed by atoms with E-state index in [4.69, 9.17) is 14.6 Å². The van der Waals surface area contributed by atoms with E-state index in [1.807, 2.05) is 6.92 Å². The first-order valence-corrected chi connectivity index (χ1v) is 5.65. The van der Waals surface area contributed by atoms with Crippen LogP contribution < -0.4 is 9.47 Å². The number of carboxylic acid groups (broad SMARTS) is 1. The number of ether oxygens (including phenoxy) is 2. The topological polar surface area (TPSA) is 68.7 Å². The number of aryl methyl sites for hydroxylation is 1. The first-order chi connectivity index (χ1) is 8.08. The average molecular weight is 253 g/mol. The van der Waals surface area contributed by atoms with Crippen molar-refractivity contribution in [3.63, 3.8) is 0 Å². The minimum Gasteiger partial charge on any atom is -0.493 e. The highest BCUT2D eigenvalue weighted by Gasteiger charge is 2.20. The summed E-state index contributed by atoms with van der Waals surface area (Å²) in [5.74, 6) is -0.0968. The Kier molecular flexibility index (Phi) is 2.89. The van der Waals surface area contributed by atoms with Crippen molar-refractivity contribution in [3.8, 4) is 11.5 Å². The normalized spacial score (nSPS) is 10.5.